The lowest BCUT2D eigenvalue weighted by Gasteiger charge is -2.27. The molecule has 3 aromatic heterocycles. The molecule has 2 atom stereocenters. The van der Waals surface area contributed by atoms with E-state index in [4.69, 9.17) is 4.74 Å². The molecule has 0 radical (unpaired) electrons. The zero-order valence-corrected chi connectivity index (χ0v) is 21.2. The number of aliphatic hydroxyl groups is 1. The average molecular weight is 492 g/mol. The van der Waals surface area contributed by atoms with E-state index >= 15 is 0 Å². The summed E-state index contributed by atoms with van der Waals surface area (Å²) >= 11 is 0. The lowest BCUT2D eigenvalue weighted by atomic mass is 9.91. The average Bonchev–Trinajstić information content (AvgIpc) is 3.56. The minimum atomic E-state index is -0.825. The summed E-state index contributed by atoms with van der Waals surface area (Å²) in [5.41, 5.74) is 2.03. The second-order valence-electron chi connectivity index (χ2n) is 10.4. The Morgan fingerprint density at radius 3 is 2.78 bits per heavy atom. The van der Waals surface area contributed by atoms with Crippen LogP contribution in [0.3, 0.4) is 0 Å². The summed E-state index contributed by atoms with van der Waals surface area (Å²) in [6.07, 6.45) is 6.60. The van der Waals surface area contributed by atoms with Crippen molar-refractivity contribution in [1.82, 2.24) is 29.5 Å². The number of ether oxygens (including phenoxy) is 1. The number of nitrogens with one attached hydrogen (secondary N) is 1. The first-order chi connectivity index (χ1) is 17.2. The quantitative estimate of drug-likeness (QED) is 0.557. The Labute approximate surface area is 210 Å². The monoisotopic (exact) mass is 491 g/mol. The highest BCUT2D eigenvalue weighted by atomic mass is 16.5. The van der Waals surface area contributed by atoms with Gasteiger partial charge in [0.15, 0.2) is 0 Å². The van der Waals surface area contributed by atoms with Gasteiger partial charge < -0.3 is 14.7 Å². The van der Waals surface area contributed by atoms with Gasteiger partial charge in [-0.15, -0.1) is 0 Å². The molecule has 0 bridgehead atoms. The Balaban J connectivity index is 1.25. The number of aromatic nitrogens is 4. The molecule has 3 aromatic rings. The van der Waals surface area contributed by atoms with Crippen LogP contribution < -0.4 is 10.1 Å². The van der Waals surface area contributed by atoms with E-state index in [0.29, 0.717) is 35.6 Å². The van der Waals surface area contributed by atoms with Crippen molar-refractivity contribution >= 4 is 11.8 Å². The van der Waals surface area contributed by atoms with Crippen LogP contribution in [0.1, 0.15) is 38.4 Å². The van der Waals surface area contributed by atoms with Crippen LogP contribution >= 0.6 is 0 Å². The molecule has 5 heterocycles. The molecule has 2 unspecified atom stereocenters. The highest BCUT2D eigenvalue weighted by Gasteiger charge is 2.41. The van der Waals surface area contributed by atoms with Gasteiger partial charge in [-0.05, 0) is 51.6 Å². The third-order valence-electron chi connectivity index (χ3n) is 7.12. The smallest absolute Gasteiger partial charge is 0.325 e. The van der Waals surface area contributed by atoms with Gasteiger partial charge in [-0.1, -0.05) is 13.8 Å². The van der Waals surface area contributed by atoms with Crippen molar-refractivity contribution in [3.8, 4) is 22.8 Å². The summed E-state index contributed by atoms with van der Waals surface area (Å²) in [6.45, 7) is 8.30. The van der Waals surface area contributed by atoms with E-state index in [1.165, 1.54) is 4.90 Å². The maximum absolute atomic E-state index is 12.6. The first-order valence-electron chi connectivity index (χ1n) is 12.3. The maximum Gasteiger partial charge on any atom is 0.325 e. The third-order valence-corrected chi connectivity index (χ3v) is 7.12. The molecule has 0 spiro atoms. The lowest BCUT2D eigenvalue weighted by molar-refractivity contribution is -0.00117. The molecular formula is C26H33N7O3. The van der Waals surface area contributed by atoms with E-state index in [1.807, 2.05) is 43.9 Å². The summed E-state index contributed by atoms with van der Waals surface area (Å²) in [7, 11) is 2.13. The number of aliphatic hydroxyl groups excluding tert-OH is 1. The normalized spacial score (nSPS) is 21.6. The molecule has 2 aliphatic heterocycles. The predicted octanol–water partition coefficient (Wildman–Crippen LogP) is 3.90. The molecule has 10 heteroatoms. The SMILES string of the molecule is Cc1nc(NC(=O)N2CCC(C)(C)C2O)ccc1Oc1ccnc(-c2cnn(C3CCN(C)C3)c2)c1. The van der Waals surface area contributed by atoms with Gasteiger partial charge in [0.1, 0.15) is 23.5 Å². The molecule has 0 saturated carbocycles. The molecule has 2 fully saturated rings. The minimum Gasteiger partial charge on any atom is -0.455 e. The van der Waals surface area contributed by atoms with Gasteiger partial charge in [-0.3, -0.25) is 19.9 Å². The summed E-state index contributed by atoms with van der Waals surface area (Å²) in [4.78, 5) is 25.4. The molecule has 36 heavy (non-hydrogen) atoms. The number of aryl methyl sites for hydroxylation is 1. The van der Waals surface area contributed by atoms with E-state index in [-0.39, 0.29) is 11.4 Å². The second-order valence-corrected chi connectivity index (χ2v) is 10.4. The lowest BCUT2D eigenvalue weighted by Crippen LogP contribution is -2.42. The summed E-state index contributed by atoms with van der Waals surface area (Å²) in [6, 6.07) is 7.17. The minimum absolute atomic E-state index is 0.326. The van der Waals surface area contributed by atoms with Crippen molar-refractivity contribution in [1.29, 1.82) is 0 Å². The van der Waals surface area contributed by atoms with Crippen molar-refractivity contribution in [3.05, 3.63) is 48.5 Å². The summed E-state index contributed by atoms with van der Waals surface area (Å²) in [5.74, 6) is 1.62. The van der Waals surface area contributed by atoms with Gasteiger partial charge in [-0.2, -0.15) is 5.10 Å². The Morgan fingerprint density at radius 2 is 2.08 bits per heavy atom. The zero-order chi connectivity index (χ0) is 25.4. The maximum atomic E-state index is 12.6. The number of likely N-dealkylation sites (N-methyl/N-ethyl adjacent to an activating group) is 1. The van der Waals surface area contributed by atoms with Crippen molar-refractivity contribution in [3.63, 3.8) is 0 Å². The third kappa shape index (κ3) is 4.91. The van der Waals surface area contributed by atoms with Crippen molar-refractivity contribution in [2.75, 3.05) is 32.0 Å². The fourth-order valence-corrected chi connectivity index (χ4v) is 4.76. The van der Waals surface area contributed by atoms with Crippen LogP contribution in [0, 0.1) is 12.3 Å². The number of urea groups is 1. The molecule has 2 N–H and O–H groups in total. The fourth-order valence-electron chi connectivity index (χ4n) is 4.76. The van der Waals surface area contributed by atoms with Gasteiger partial charge in [0.25, 0.3) is 0 Å². The van der Waals surface area contributed by atoms with Crippen molar-refractivity contribution in [2.45, 2.75) is 45.9 Å². The molecule has 0 aliphatic carbocycles. The van der Waals surface area contributed by atoms with E-state index in [9.17, 15) is 9.90 Å². The van der Waals surface area contributed by atoms with E-state index in [2.05, 4.69) is 32.3 Å². The molecule has 10 nitrogen and oxygen atoms in total. The van der Waals surface area contributed by atoms with Crippen LogP contribution in [-0.2, 0) is 0 Å². The van der Waals surface area contributed by atoms with E-state index in [0.717, 1.165) is 37.2 Å². The highest BCUT2D eigenvalue weighted by molar-refractivity contribution is 5.88. The van der Waals surface area contributed by atoms with Crippen molar-refractivity contribution < 1.29 is 14.6 Å². The van der Waals surface area contributed by atoms with E-state index in [1.54, 1.807) is 24.4 Å². The molecular weight excluding hydrogens is 458 g/mol. The summed E-state index contributed by atoms with van der Waals surface area (Å²) in [5, 5.41) is 17.7. The Bertz CT molecular complexity index is 1260. The van der Waals surface area contributed by atoms with Crippen LogP contribution in [0.2, 0.25) is 0 Å². The number of nitrogens with zero attached hydrogens (tertiary/aromatic N) is 6. The molecule has 2 saturated heterocycles. The van der Waals surface area contributed by atoms with Crippen LogP contribution in [-0.4, -0.2) is 73.6 Å². The van der Waals surface area contributed by atoms with Crippen LogP contribution in [0.4, 0.5) is 10.6 Å². The number of pyridine rings is 2. The molecule has 0 aromatic carbocycles. The van der Waals surface area contributed by atoms with Crippen molar-refractivity contribution in [2.24, 2.45) is 5.41 Å². The van der Waals surface area contributed by atoms with Gasteiger partial charge in [0.05, 0.1) is 23.6 Å². The van der Waals surface area contributed by atoms with Gasteiger partial charge in [0.2, 0.25) is 0 Å². The number of hydrogen-bond acceptors (Lipinski definition) is 7. The second kappa shape index (κ2) is 9.51. The fraction of sp³-hybridized carbons (Fsp3) is 0.462. The van der Waals surface area contributed by atoms with Crippen LogP contribution in [0.25, 0.3) is 11.3 Å². The molecule has 2 amide bonds. The largest absolute Gasteiger partial charge is 0.455 e. The van der Waals surface area contributed by atoms with Gasteiger partial charge in [-0.25, -0.2) is 9.78 Å². The topological polar surface area (TPSA) is 109 Å². The Kier molecular flexibility index (Phi) is 6.40. The number of carbonyl (C=O) groups is 1. The number of amides is 2. The number of likely N-dealkylation sites (tertiary alicyclic amines) is 2. The predicted molar refractivity (Wildman–Crippen MR) is 136 cm³/mol. The first kappa shape index (κ1) is 24.2. The van der Waals surface area contributed by atoms with E-state index < -0.39 is 6.23 Å². The number of carbonyl (C=O) groups excluding carboxylic acids is 1. The Morgan fingerprint density at radius 1 is 1.25 bits per heavy atom. The summed E-state index contributed by atoms with van der Waals surface area (Å²) < 4.78 is 8.12. The standard InChI is InChI=1S/C26H33N7O3/c1-17-22(5-6-23(29-17)30-25(35)32-12-9-26(2,3)24(32)34)36-20-7-10-27-21(13-20)18-14-28-33(15-18)19-8-11-31(4)16-19/h5-7,10,13-15,19,24,34H,8-9,11-12,16H2,1-4H3,(H,29,30,35). The van der Waals surface area contributed by atoms with Crippen LogP contribution in [0.15, 0.2) is 42.9 Å². The number of rotatable bonds is 5. The first-order valence-corrected chi connectivity index (χ1v) is 12.3. The van der Waals surface area contributed by atoms with Crippen LogP contribution in [0.5, 0.6) is 11.5 Å². The van der Waals surface area contributed by atoms with Gasteiger partial charge in [0, 0.05) is 42.5 Å². The zero-order valence-electron chi connectivity index (χ0n) is 21.2. The Hall–Kier alpha value is -3.50. The van der Waals surface area contributed by atoms with Gasteiger partial charge >= 0.3 is 6.03 Å². The number of anilines is 1. The molecule has 2 aliphatic rings. The molecule has 5 rings (SSSR count). The highest BCUT2D eigenvalue weighted by Crippen LogP contribution is 2.35. The number of hydrogen-bond donors (Lipinski definition) is 2. The molecule has 190 valence electrons.